The summed E-state index contributed by atoms with van der Waals surface area (Å²) >= 11 is 1.39. The molecule has 1 unspecified atom stereocenters. The highest BCUT2D eigenvalue weighted by molar-refractivity contribution is 7.17. The van der Waals surface area contributed by atoms with E-state index in [0.717, 1.165) is 35.3 Å². The second-order valence-electron chi connectivity index (χ2n) is 8.17. The van der Waals surface area contributed by atoms with Crippen molar-refractivity contribution in [1.29, 1.82) is 0 Å². The number of rotatable bonds is 7. The van der Waals surface area contributed by atoms with E-state index in [1.54, 1.807) is 31.2 Å². The summed E-state index contributed by atoms with van der Waals surface area (Å²) in [5.41, 5.74) is 2.12. The van der Waals surface area contributed by atoms with E-state index in [0.29, 0.717) is 41.2 Å². The van der Waals surface area contributed by atoms with Crippen molar-refractivity contribution in [2.24, 2.45) is 5.92 Å². The number of amides is 1. The first-order chi connectivity index (χ1) is 16.4. The quantitative estimate of drug-likeness (QED) is 0.467. The Balaban J connectivity index is 1.36. The van der Waals surface area contributed by atoms with Gasteiger partial charge in [0.15, 0.2) is 18.1 Å². The number of ether oxygens (including phenoxy) is 4. The van der Waals surface area contributed by atoms with Gasteiger partial charge in [-0.3, -0.25) is 4.79 Å². The Kier molecular flexibility index (Phi) is 7.52. The normalized spacial score (nSPS) is 16.6. The molecule has 0 saturated carbocycles. The van der Waals surface area contributed by atoms with Crippen LogP contribution in [0, 0.1) is 5.92 Å². The number of esters is 2. The van der Waals surface area contributed by atoms with E-state index in [1.165, 1.54) is 17.4 Å². The molecular formula is C25H27NO7S. The summed E-state index contributed by atoms with van der Waals surface area (Å²) in [7, 11) is 0. The Labute approximate surface area is 201 Å². The number of hydrogen-bond donors (Lipinski definition) is 1. The highest BCUT2D eigenvalue weighted by atomic mass is 32.1. The maximum absolute atomic E-state index is 12.6. The van der Waals surface area contributed by atoms with Gasteiger partial charge in [0.05, 0.1) is 12.2 Å². The molecule has 0 bridgehead atoms. The van der Waals surface area contributed by atoms with Gasteiger partial charge >= 0.3 is 11.9 Å². The van der Waals surface area contributed by atoms with Crippen LogP contribution >= 0.6 is 11.3 Å². The maximum atomic E-state index is 12.6. The van der Waals surface area contributed by atoms with E-state index in [4.69, 9.17) is 18.9 Å². The lowest BCUT2D eigenvalue weighted by Crippen LogP contribution is -2.21. The zero-order valence-electron chi connectivity index (χ0n) is 19.2. The number of nitrogens with one attached hydrogen (secondary N) is 1. The van der Waals surface area contributed by atoms with Gasteiger partial charge in [-0.05, 0) is 61.4 Å². The monoisotopic (exact) mass is 485 g/mol. The van der Waals surface area contributed by atoms with Gasteiger partial charge in [0.25, 0.3) is 5.91 Å². The van der Waals surface area contributed by atoms with Crippen molar-refractivity contribution in [2.75, 3.05) is 31.7 Å². The summed E-state index contributed by atoms with van der Waals surface area (Å²) < 4.78 is 21.3. The predicted molar refractivity (Wildman–Crippen MR) is 128 cm³/mol. The number of fused-ring (bicyclic) bond motifs is 2. The van der Waals surface area contributed by atoms with E-state index >= 15 is 0 Å². The minimum absolute atomic E-state index is 0.251. The summed E-state index contributed by atoms with van der Waals surface area (Å²) in [4.78, 5) is 38.2. The van der Waals surface area contributed by atoms with Crippen LogP contribution in [0.4, 0.5) is 5.00 Å². The number of hydrogen-bond acceptors (Lipinski definition) is 8. The lowest BCUT2D eigenvalue weighted by atomic mass is 9.88. The fourth-order valence-electron chi connectivity index (χ4n) is 3.93. The van der Waals surface area contributed by atoms with Crippen LogP contribution in [0.25, 0.3) is 6.08 Å². The number of benzene rings is 1. The zero-order valence-corrected chi connectivity index (χ0v) is 20.0. The van der Waals surface area contributed by atoms with Crippen molar-refractivity contribution in [1.82, 2.24) is 0 Å². The molecular weight excluding hydrogens is 458 g/mol. The number of carbonyl (C=O) groups excluding carboxylic acids is 3. The lowest BCUT2D eigenvalue weighted by Gasteiger charge is -2.18. The molecule has 1 aromatic heterocycles. The van der Waals surface area contributed by atoms with Crippen LogP contribution in [0.15, 0.2) is 24.3 Å². The molecule has 180 valence electrons. The van der Waals surface area contributed by atoms with Crippen molar-refractivity contribution in [3.63, 3.8) is 0 Å². The molecule has 4 rings (SSSR count). The van der Waals surface area contributed by atoms with Crippen LogP contribution in [-0.2, 0) is 31.9 Å². The largest absolute Gasteiger partial charge is 0.486 e. The Morgan fingerprint density at radius 3 is 2.76 bits per heavy atom. The SMILES string of the molecule is CCOC(=O)c1c(NC(=O)COC(=O)/C=C/c2ccc3c(c2)OCCO3)sc2c1CCC(C)C2. The predicted octanol–water partition coefficient (Wildman–Crippen LogP) is 4.02. The molecule has 0 saturated heterocycles. The van der Waals surface area contributed by atoms with E-state index in [1.807, 2.05) is 0 Å². The fraction of sp³-hybridized carbons (Fsp3) is 0.400. The molecule has 8 nitrogen and oxygen atoms in total. The molecule has 2 heterocycles. The van der Waals surface area contributed by atoms with Crippen molar-refractivity contribution >= 4 is 40.3 Å². The van der Waals surface area contributed by atoms with Crippen LogP contribution in [0.5, 0.6) is 11.5 Å². The second kappa shape index (κ2) is 10.7. The molecule has 1 aliphatic heterocycles. The Hall–Kier alpha value is -3.33. The second-order valence-corrected chi connectivity index (χ2v) is 9.27. The first-order valence-electron chi connectivity index (χ1n) is 11.3. The van der Waals surface area contributed by atoms with E-state index in [9.17, 15) is 14.4 Å². The van der Waals surface area contributed by atoms with Crippen LogP contribution in [0.1, 0.15) is 46.6 Å². The van der Waals surface area contributed by atoms with Gasteiger partial charge in [0.1, 0.15) is 18.2 Å². The van der Waals surface area contributed by atoms with Gasteiger partial charge in [-0.15, -0.1) is 11.3 Å². The zero-order chi connectivity index (χ0) is 24.1. The topological polar surface area (TPSA) is 100 Å². The third kappa shape index (κ3) is 5.59. The standard InChI is InChI=1S/C25H27NO7S/c1-3-30-25(29)23-17-7-4-15(2)12-20(17)34-24(23)26-21(27)14-33-22(28)9-6-16-5-8-18-19(13-16)32-11-10-31-18/h5-6,8-9,13,15H,3-4,7,10-12,14H2,1-2H3,(H,26,27)/b9-6+. The summed E-state index contributed by atoms with van der Waals surface area (Å²) in [5.74, 6) is 0.185. The summed E-state index contributed by atoms with van der Waals surface area (Å²) in [6.45, 7) is 4.68. The van der Waals surface area contributed by atoms with Gasteiger partial charge in [0.2, 0.25) is 0 Å². The molecule has 1 aliphatic carbocycles. The lowest BCUT2D eigenvalue weighted by molar-refractivity contribution is -0.142. The molecule has 0 fully saturated rings. The molecule has 9 heteroatoms. The summed E-state index contributed by atoms with van der Waals surface area (Å²) in [5, 5.41) is 3.18. The average molecular weight is 486 g/mol. The maximum Gasteiger partial charge on any atom is 0.341 e. The van der Waals surface area contributed by atoms with Crippen molar-refractivity contribution in [2.45, 2.75) is 33.1 Å². The molecule has 1 amide bonds. The van der Waals surface area contributed by atoms with Crippen LogP contribution < -0.4 is 14.8 Å². The molecule has 2 aromatic rings. The minimum atomic E-state index is -0.657. The third-order valence-corrected chi connectivity index (χ3v) is 6.74. The van der Waals surface area contributed by atoms with Gasteiger partial charge in [-0.2, -0.15) is 0 Å². The average Bonchev–Trinajstić information content (AvgIpc) is 3.18. The molecule has 1 aromatic carbocycles. The van der Waals surface area contributed by atoms with E-state index < -0.39 is 24.5 Å². The third-order valence-electron chi connectivity index (χ3n) is 5.57. The van der Waals surface area contributed by atoms with E-state index in [-0.39, 0.29) is 6.61 Å². The number of anilines is 1. The van der Waals surface area contributed by atoms with Crippen LogP contribution in [0.2, 0.25) is 0 Å². The Bertz CT molecular complexity index is 1120. The summed E-state index contributed by atoms with van der Waals surface area (Å²) in [6.07, 6.45) is 5.44. The van der Waals surface area contributed by atoms with E-state index in [2.05, 4.69) is 12.2 Å². The minimum Gasteiger partial charge on any atom is -0.486 e. The highest BCUT2D eigenvalue weighted by Crippen LogP contribution is 2.40. The Morgan fingerprint density at radius 2 is 1.97 bits per heavy atom. The van der Waals surface area contributed by atoms with Crippen molar-refractivity contribution < 1.29 is 33.3 Å². The van der Waals surface area contributed by atoms with Crippen molar-refractivity contribution in [3.8, 4) is 11.5 Å². The first-order valence-corrected chi connectivity index (χ1v) is 12.1. The summed E-state index contributed by atoms with van der Waals surface area (Å²) in [6, 6.07) is 5.33. The molecule has 34 heavy (non-hydrogen) atoms. The molecule has 2 aliphatic rings. The van der Waals surface area contributed by atoms with Gasteiger partial charge in [-0.1, -0.05) is 13.0 Å². The van der Waals surface area contributed by atoms with Crippen molar-refractivity contribution in [3.05, 3.63) is 45.8 Å². The first kappa shape index (κ1) is 23.8. The molecule has 1 N–H and O–H groups in total. The smallest absolute Gasteiger partial charge is 0.341 e. The van der Waals surface area contributed by atoms with Crippen LogP contribution in [-0.4, -0.2) is 44.3 Å². The van der Waals surface area contributed by atoms with Gasteiger partial charge < -0.3 is 24.3 Å². The van der Waals surface area contributed by atoms with Crippen LogP contribution in [0.3, 0.4) is 0 Å². The molecule has 1 atom stereocenters. The highest BCUT2D eigenvalue weighted by Gasteiger charge is 2.29. The fourth-order valence-corrected chi connectivity index (χ4v) is 5.35. The number of carbonyl (C=O) groups is 3. The Morgan fingerprint density at radius 1 is 1.18 bits per heavy atom. The van der Waals surface area contributed by atoms with Gasteiger partial charge in [-0.25, -0.2) is 9.59 Å². The molecule has 0 spiro atoms. The molecule has 0 radical (unpaired) electrons. The van der Waals surface area contributed by atoms with Gasteiger partial charge in [0, 0.05) is 11.0 Å². The number of thiophene rings is 1.